The molecular weight excluding hydrogens is 837 g/mol. The van der Waals surface area contributed by atoms with Crippen LogP contribution < -0.4 is 5.16 Å². The molecule has 14 heteroatoms. The van der Waals surface area contributed by atoms with Gasteiger partial charge in [0.25, 0.3) is 11.4 Å². The molecule has 2 unspecified atom stereocenters. The normalized spacial score (nSPS) is 13.2. The highest BCUT2D eigenvalue weighted by Gasteiger charge is 2.22. The van der Waals surface area contributed by atoms with Gasteiger partial charge in [-0.1, -0.05) is 90.3 Å². The van der Waals surface area contributed by atoms with Gasteiger partial charge in [-0.3, -0.25) is 20.2 Å². The molecule has 0 aliphatic carbocycles. The second kappa shape index (κ2) is 23.1. The van der Waals surface area contributed by atoms with Crippen LogP contribution in [-0.4, -0.2) is 42.3 Å². The van der Waals surface area contributed by atoms with E-state index in [2.05, 4.69) is 53.2 Å². The summed E-state index contributed by atoms with van der Waals surface area (Å²) < 4.78 is 4.58. The minimum absolute atomic E-state index is 0.0277. The van der Waals surface area contributed by atoms with Gasteiger partial charge in [0.05, 0.1) is 15.6 Å². The third kappa shape index (κ3) is 11.9. The number of nitro benzene ring substituents is 2. The monoisotopic (exact) mass is 901 g/mol. The predicted octanol–water partition coefficient (Wildman–Crippen LogP) is 11.8. The van der Waals surface area contributed by atoms with E-state index in [1.165, 1.54) is 13.8 Å². The lowest BCUT2D eigenvalue weighted by molar-refractivity contribution is -0.723. The Hall–Kier alpha value is -6.44. The number of aromatic nitrogens is 2. The smallest absolute Gasteiger partial charge is 0.340 e. The Labute approximate surface area is 386 Å². The van der Waals surface area contributed by atoms with Gasteiger partial charge in [-0.2, -0.15) is 0 Å². The van der Waals surface area contributed by atoms with Gasteiger partial charge in [-0.25, -0.2) is 14.4 Å². The van der Waals surface area contributed by atoms with E-state index in [0.717, 1.165) is 151 Å². The van der Waals surface area contributed by atoms with E-state index in [9.17, 15) is 29.8 Å². The van der Waals surface area contributed by atoms with Gasteiger partial charge in [0, 0.05) is 112 Å². The average molecular weight is 902 g/mol. The number of fused-ring (bicyclic) bond motifs is 6. The number of rotatable bonds is 25. The van der Waals surface area contributed by atoms with E-state index in [-0.39, 0.29) is 21.2 Å². The van der Waals surface area contributed by atoms with Gasteiger partial charge in [0.15, 0.2) is 0 Å². The van der Waals surface area contributed by atoms with E-state index in [4.69, 9.17) is 9.68 Å². The summed E-state index contributed by atoms with van der Waals surface area (Å²) in [5.74, 6) is -0.0687. The number of hydrogen-bond donors (Lipinski definition) is 1. The van der Waals surface area contributed by atoms with Gasteiger partial charge < -0.3 is 14.0 Å². The Morgan fingerprint density at radius 3 is 1.52 bits per heavy atom. The van der Waals surface area contributed by atoms with Crippen LogP contribution in [0.15, 0.2) is 78.0 Å². The Kier molecular flexibility index (Phi) is 17.2. The van der Waals surface area contributed by atoms with Gasteiger partial charge in [-0.15, -0.1) is 0 Å². The van der Waals surface area contributed by atoms with Crippen molar-refractivity contribution in [3.8, 4) is 0 Å². The first-order valence-electron chi connectivity index (χ1n) is 23.8. The number of non-ortho nitro benzene ring substituents is 2. The van der Waals surface area contributed by atoms with Crippen LogP contribution >= 0.6 is 0 Å². The van der Waals surface area contributed by atoms with Crippen LogP contribution in [0, 0.1) is 32.1 Å². The van der Waals surface area contributed by atoms with Crippen molar-refractivity contribution in [2.24, 2.45) is 17.0 Å². The molecule has 0 spiro atoms. The lowest BCUT2D eigenvalue weighted by Gasteiger charge is -2.17. The maximum Gasteiger partial charge on any atom is 0.376 e. The third-order valence-corrected chi connectivity index (χ3v) is 13.0. The number of nitrogens with zero attached hydrogens (tertiary/aromatic N) is 5. The molecule has 350 valence electrons. The van der Waals surface area contributed by atoms with Crippen LogP contribution in [0.5, 0.6) is 0 Å². The number of unbranched alkanes of at least 4 members (excludes halogenated alkanes) is 5. The fourth-order valence-corrected chi connectivity index (χ4v) is 9.22. The summed E-state index contributed by atoms with van der Waals surface area (Å²) in [6.45, 7) is 13.1. The highest BCUT2D eigenvalue weighted by Crippen LogP contribution is 2.36. The molecule has 2 aromatic heterocycles. The molecule has 14 nitrogen and oxygen atoms in total. The molecule has 0 saturated carbocycles. The van der Waals surface area contributed by atoms with Crippen molar-refractivity contribution in [3.63, 3.8) is 0 Å². The number of carbonyl (C=O) groups excluding carboxylic acids is 2. The summed E-state index contributed by atoms with van der Waals surface area (Å²) in [4.78, 5) is 57.6. The third-order valence-electron chi connectivity index (χ3n) is 13.0. The number of hydrogen-bond acceptors (Lipinski definition) is 9. The molecule has 0 aliphatic rings. The van der Waals surface area contributed by atoms with Crippen LogP contribution in [0.25, 0.3) is 43.6 Å². The molecule has 0 radical (unpaired) electrons. The maximum absolute atomic E-state index is 12.0. The van der Waals surface area contributed by atoms with Crippen LogP contribution in [0.2, 0.25) is 0 Å². The zero-order valence-corrected chi connectivity index (χ0v) is 39.4. The topological polar surface area (TPSA) is 175 Å². The zero-order valence-electron chi connectivity index (χ0n) is 39.4. The summed E-state index contributed by atoms with van der Waals surface area (Å²) in [7, 11) is 0. The molecule has 0 saturated heterocycles. The minimum Gasteiger partial charge on any atom is -0.340 e. The molecule has 0 amide bonds. The first-order chi connectivity index (χ1) is 31.9. The molecule has 6 aromatic rings. The molecular formula is C52H65N6O8+. The predicted molar refractivity (Wildman–Crippen MR) is 262 cm³/mol. The van der Waals surface area contributed by atoms with Crippen LogP contribution in [0.1, 0.15) is 143 Å². The van der Waals surface area contributed by atoms with Gasteiger partial charge in [-0.05, 0) is 91.6 Å². The number of benzene rings is 4. The number of nitro groups is 2. The van der Waals surface area contributed by atoms with Crippen LogP contribution in [0.3, 0.4) is 0 Å². The van der Waals surface area contributed by atoms with Crippen LogP contribution in [-0.2, 0) is 32.4 Å². The molecule has 0 aliphatic heterocycles. The summed E-state index contributed by atoms with van der Waals surface area (Å²) in [6.07, 6.45) is 13.1. The summed E-state index contributed by atoms with van der Waals surface area (Å²) in [5.41, 5.74) is 6.90. The van der Waals surface area contributed by atoms with Crippen molar-refractivity contribution in [2.75, 3.05) is 0 Å². The number of oxime groups is 1. The first-order valence-corrected chi connectivity index (χ1v) is 23.8. The molecule has 6 rings (SSSR count). The second-order valence-corrected chi connectivity index (χ2v) is 17.6. The van der Waals surface area contributed by atoms with Crippen molar-refractivity contribution in [1.29, 1.82) is 0 Å². The van der Waals surface area contributed by atoms with Crippen molar-refractivity contribution < 1.29 is 34.3 Å². The summed E-state index contributed by atoms with van der Waals surface area (Å²) in [6, 6.07) is 22.3. The largest absolute Gasteiger partial charge is 0.376 e. The quantitative estimate of drug-likeness (QED) is 0.0194. The van der Waals surface area contributed by atoms with Gasteiger partial charge >= 0.3 is 11.9 Å². The number of carbonyl (C=O) groups is 2. The summed E-state index contributed by atoms with van der Waals surface area (Å²) in [5, 5.41) is 34.4. The fraction of sp³-hybridized carbons (Fsp3) is 0.462. The van der Waals surface area contributed by atoms with Crippen molar-refractivity contribution in [3.05, 3.63) is 104 Å². The molecule has 0 bridgehead atoms. The zero-order chi connectivity index (χ0) is 47.3. The summed E-state index contributed by atoms with van der Waals surface area (Å²) >= 11 is 0. The maximum atomic E-state index is 12.0. The van der Waals surface area contributed by atoms with E-state index < -0.39 is 11.9 Å². The van der Waals surface area contributed by atoms with Gasteiger partial charge in [0.2, 0.25) is 5.71 Å². The Balaban J connectivity index is 1.21. The molecule has 4 aromatic carbocycles. The highest BCUT2D eigenvalue weighted by atomic mass is 16.7. The first kappa shape index (κ1) is 49.0. The van der Waals surface area contributed by atoms with E-state index in [1.807, 2.05) is 42.5 Å². The Bertz CT molecular complexity index is 2580. The second-order valence-electron chi connectivity index (χ2n) is 17.6. The van der Waals surface area contributed by atoms with Crippen molar-refractivity contribution in [2.45, 2.75) is 145 Å². The Morgan fingerprint density at radius 1 is 0.606 bits per heavy atom. The van der Waals surface area contributed by atoms with E-state index in [0.29, 0.717) is 30.4 Å². The van der Waals surface area contributed by atoms with Gasteiger partial charge in [0.1, 0.15) is 0 Å². The SMILES string of the molecule is CCCCC(CC)Cn1c2ccc(/C(CCCCCC/C(=[NH+]\OC(C)=O)c3ccc4c(c3)c3cc([N+](=O)[O-])ccc3n4CC(CC)CCCC)=N/OC(C)=O)cc2c2cc([N+](=O)[O-])ccc21. The van der Waals surface area contributed by atoms with Crippen LogP contribution in [0.4, 0.5) is 11.4 Å². The molecule has 1 N–H and O–H groups in total. The molecule has 66 heavy (non-hydrogen) atoms. The van der Waals surface area contributed by atoms with E-state index in [1.54, 1.807) is 24.3 Å². The number of nitrogens with one attached hydrogen (secondary N) is 1. The average Bonchev–Trinajstić information content (AvgIpc) is 3.78. The standard InChI is InChI=1S/C52H64N6O8/c1-7-11-17-37(9-3)33-55-49-25-21-39(29-43(49)45-31-41(57(61)62)23-27-51(45)55)47(53-65-35(5)59)19-15-13-14-16-20-48(54-66-36(6)60)40-22-26-50-44(30-40)46-32-42(58(63)64)24-28-52(46)56(50)34-38(10-4)18-12-8-2/h21-32,37-38H,7-20,33-34H2,1-6H3/p+1/b53-47+,54-48+. The highest BCUT2D eigenvalue weighted by molar-refractivity contribution is 6.13. The van der Waals surface area contributed by atoms with Crippen molar-refractivity contribution >= 4 is 78.3 Å². The minimum atomic E-state index is -0.528. The molecule has 2 atom stereocenters. The lowest BCUT2D eigenvalue weighted by Crippen LogP contribution is -2.73. The molecule has 0 fully saturated rings. The molecule has 2 heterocycles. The Morgan fingerprint density at radius 2 is 1.06 bits per heavy atom. The lowest BCUT2D eigenvalue weighted by atomic mass is 9.98. The fourth-order valence-electron chi connectivity index (χ4n) is 9.22. The van der Waals surface area contributed by atoms with E-state index >= 15 is 0 Å². The van der Waals surface area contributed by atoms with Crippen molar-refractivity contribution in [1.82, 2.24) is 9.13 Å².